The number of hydrogen-bond acceptors (Lipinski definition) is 2. The molecule has 68 valence electrons. The summed E-state index contributed by atoms with van der Waals surface area (Å²) in [6, 6.07) is 0. The molecule has 0 amide bonds. The van der Waals surface area contributed by atoms with E-state index in [-0.39, 0.29) is 6.42 Å². The van der Waals surface area contributed by atoms with E-state index in [4.69, 9.17) is 10.8 Å². The smallest absolute Gasteiger partial charge is 0.303 e. The molecule has 0 spiro atoms. The fraction of sp³-hybridized carbons (Fsp3) is 0.875. The third-order valence-electron chi connectivity index (χ3n) is 1.09. The van der Waals surface area contributed by atoms with Crippen molar-refractivity contribution in [2.24, 2.45) is 5.73 Å². The average molecular weight is 161 g/mol. The normalized spacial score (nSPS) is 8.27. The number of aliphatic carboxylic acids is 1. The van der Waals surface area contributed by atoms with Crippen molar-refractivity contribution in [1.82, 2.24) is 0 Å². The predicted octanol–water partition coefficient (Wildman–Crippen LogP) is 1.62. The van der Waals surface area contributed by atoms with Crippen molar-refractivity contribution in [3.8, 4) is 0 Å². The minimum atomic E-state index is -0.716. The molecular formula is C8H19NO2. The Bertz CT molecular complexity index is 84.2. The van der Waals surface area contributed by atoms with Crippen LogP contribution in [0.1, 0.15) is 39.5 Å². The molecule has 0 aliphatic heterocycles. The molecule has 0 unspecified atom stereocenters. The van der Waals surface area contributed by atoms with Crippen molar-refractivity contribution >= 4 is 5.97 Å². The number of carbonyl (C=O) groups is 1. The molecule has 3 heteroatoms. The number of hydrogen-bond donors (Lipinski definition) is 2. The zero-order valence-corrected chi connectivity index (χ0v) is 7.47. The Hall–Kier alpha value is -0.570. The van der Waals surface area contributed by atoms with Crippen LogP contribution in [0.4, 0.5) is 0 Å². The fourth-order valence-corrected chi connectivity index (χ4v) is 0.597. The number of nitrogens with two attached hydrogens (primary N) is 1. The van der Waals surface area contributed by atoms with Gasteiger partial charge in [-0.15, -0.1) is 0 Å². The molecule has 0 aliphatic rings. The molecule has 0 aromatic carbocycles. The fourth-order valence-electron chi connectivity index (χ4n) is 0.597. The summed E-state index contributed by atoms with van der Waals surface area (Å²) >= 11 is 0. The number of rotatable bonds is 5. The van der Waals surface area contributed by atoms with Crippen LogP contribution >= 0.6 is 0 Å². The molecule has 0 saturated heterocycles. The Kier molecular flexibility index (Phi) is 14.4. The van der Waals surface area contributed by atoms with Crippen LogP contribution in [0.3, 0.4) is 0 Å². The summed E-state index contributed by atoms with van der Waals surface area (Å²) < 4.78 is 0. The second-order valence-electron chi connectivity index (χ2n) is 1.99. The lowest BCUT2D eigenvalue weighted by atomic mass is 10.2. The van der Waals surface area contributed by atoms with Crippen LogP contribution in [0.25, 0.3) is 0 Å². The van der Waals surface area contributed by atoms with Gasteiger partial charge in [-0.3, -0.25) is 4.79 Å². The molecule has 0 aliphatic carbocycles. The molecule has 11 heavy (non-hydrogen) atoms. The number of unbranched alkanes of at least 4 members (excludes halogenated alkanes) is 2. The first-order valence-electron chi connectivity index (χ1n) is 4.19. The maximum Gasteiger partial charge on any atom is 0.303 e. The third kappa shape index (κ3) is 17.7. The molecule has 0 rings (SSSR count). The van der Waals surface area contributed by atoms with Crippen molar-refractivity contribution in [2.45, 2.75) is 39.5 Å². The molecule has 0 aromatic rings. The molecule has 0 aromatic heterocycles. The van der Waals surface area contributed by atoms with Gasteiger partial charge in [0.1, 0.15) is 0 Å². The van der Waals surface area contributed by atoms with E-state index in [9.17, 15) is 4.79 Å². The topological polar surface area (TPSA) is 63.3 Å². The van der Waals surface area contributed by atoms with E-state index in [0.29, 0.717) is 6.54 Å². The highest BCUT2D eigenvalue weighted by Crippen LogP contribution is 1.97. The van der Waals surface area contributed by atoms with Gasteiger partial charge in [-0.25, -0.2) is 0 Å². The molecule has 0 radical (unpaired) electrons. The van der Waals surface area contributed by atoms with Crippen molar-refractivity contribution in [2.75, 3.05) is 6.54 Å². The summed E-state index contributed by atoms with van der Waals surface area (Å²) in [4.78, 5) is 9.93. The average Bonchev–Trinajstić information content (AvgIpc) is 2.02. The van der Waals surface area contributed by atoms with Crippen LogP contribution in [0.15, 0.2) is 0 Å². The molecular weight excluding hydrogens is 142 g/mol. The van der Waals surface area contributed by atoms with Gasteiger partial charge >= 0.3 is 5.97 Å². The van der Waals surface area contributed by atoms with Crippen LogP contribution in [0.2, 0.25) is 0 Å². The number of carboxylic acid groups (broad SMARTS) is 1. The molecule has 0 heterocycles. The van der Waals surface area contributed by atoms with Gasteiger partial charge in [-0.05, 0) is 19.4 Å². The molecule has 0 saturated carbocycles. The quantitative estimate of drug-likeness (QED) is 0.602. The van der Waals surface area contributed by atoms with Crippen molar-refractivity contribution in [1.29, 1.82) is 0 Å². The van der Waals surface area contributed by atoms with Gasteiger partial charge in [0.2, 0.25) is 0 Å². The lowest BCUT2D eigenvalue weighted by Gasteiger charge is -1.93. The minimum Gasteiger partial charge on any atom is -0.481 e. The first kappa shape index (κ1) is 13.1. The molecule has 3 nitrogen and oxygen atoms in total. The van der Waals surface area contributed by atoms with E-state index >= 15 is 0 Å². The summed E-state index contributed by atoms with van der Waals surface area (Å²) in [5.74, 6) is -0.716. The third-order valence-corrected chi connectivity index (χ3v) is 1.09. The zero-order chi connectivity index (χ0) is 9.11. The van der Waals surface area contributed by atoms with E-state index in [1.54, 1.807) is 0 Å². The highest BCUT2D eigenvalue weighted by atomic mass is 16.4. The molecule has 0 bridgehead atoms. The van der Waals surface area contributed by atoms with Crippen LogP contribution < -0.4 is 5.73 Å². The van der Waals surface area contributed by atoms with Crippen molar-refractivity contribution < 1.29 is 9.90 Å². The minimum absolute atomic E-state index is 0.278. The Labute approximate surface area is 68.6 Å². The summed E-state index contributed by atoms with van der Waals surface area (Å²) in [7, 11) is 0. The largest absolute Gasteiger partial charge is 0.481 e. The summed E-state index contributed by atoms with van der Waals surface area (Å²) in [6.45, 7) is 4.67. The second kappa shape index (κ2) is 12.1. The lowest BCUT2D eigenvalue weighted by Crippen LogP contribution is -1.99. The summed E-state index contributed by atoms with van der Waals surface area (Å²) in [5, 5.41) is 8.18. The van der Waals surface area contributed by atoms with E-state index in [1.807, 2.05) is 13.8 Å². The van der Waals surface area contributed by atoms with Gasteiger partial charge in [0.05, 0.1) is 0 Å². The van der Waals surface area contributed by atoms with E-state index in [1.165, 1.54) is 0 Å². The standard InChI is InChI=1S/C6H13NO2.C2H6/c7-5-3-1-2-4-6(8)9;1-2/h1-5,7H2,(H,8,9);1-2H3. The van der Waals surface area contributed by atoms with E-state index < -0.39 is 5.97 Å². The van der Waals surface area contributed by atoms with Gasteiger partial charge in [0, 0.05) is 6.42 Å². The second-order valence-corrected chi connectivity index (χ2v) is 1.99. The van der Waals surface area contributed by atoms with Gasteiger partial charge in [-0.1, -0.05) is 20.3 Å². The Morgan fingerprint density at radius 1 is 1.27 bits per heavy atom. The summed E-state index contributed by atoms with van der Waals surface area (Å²) in [6.07, 6.45) is 2.91. The van der Waals surface area contributed by atoms with E-state index in [0.717, 1.165) is 19.3 Å². The van der Waals surface area contributed by atoms with Crippen LogP contribution in [-0.2, 0) is 4.79 Å². The van der Waals surface area contributed by atoms with Crippen molar-refractivity contribution in [3.05, 3.63) is 0 Å². The molecule has 0 atom stereocenters. The monoisotopic (exact) mass is 161 g/mol. The van der Waals surface area contributed by atoms with Crippen LogP contribution in [0.5, 0.6) is 0 Å². The predicted molar refractivity (Wildman–Crippen MR) is 46.5 cm³/mol. The number of carboxylic acids is 1. The highest BCUT2D eigenvalue weighted by Gasteiger charge is 1.94. The maximum atomic E-state index is 9.93. The summed E-state index contributed by atoms with van der Waals surface area (Å²) in [5.41, 5.74) is 5.20. The maximum absolute atomic E-state index is 9.93. The van der Waals surface area contributed by atoms with E-state index in [2.05, 4.69) is 0 Å². The Morgan fingerprint density at radius 2 is 1.82 bits per heavy atom. The molecule has 3 N–H and O–H groups in total. The van der Waals surface area contributed by atoms with Gasteiger partial charge in [0.25, 0.3) is 0 Å². The Balaban J connectivity index is 0. The van der Waals surface area contributed by atoms with Gasteiger partial charge < -0.3 is 10.8 Å². The van der Waals surface area contributed by atoms with Crippen molar-refractivity contribution in [3.63, 3.8) is 0 Å². The SMILES string of the molecule is CC.NCCCCCC(=O)O. The van der Waals surface area contributed by atoms with Gasteiger partial charge in [-0.2, -0.15) is 0 Å². The first-order chi connectivity index (χ1) is 5.27. The lowest BCUT2D eigenvalue weighted by molar-refractivity contribution is -0.137. The molecule has 0 fully saturated rings. The highest BCUT2D eigenvalue weighted by molar-refractivity contribution is 5.66. The zero-order valence-electron chi connectivity index (χ0n) is 7.47. The van der Waals surface area contributed by atoms with Crippen LogP contribution in [0, 0.1) is 0 Å². The first-order valence-corrected chi connectivity index (χ1v) is 4.19. The van der Waals surface area contributed by atoms with Gasteiger partial charge in [0.15, 0.2) is 0 Å². The van der Waals surface area contributed by atoms with Crippen LogP contribution in [-0.4, -0.2) is 17.6 Å². The Morgan fingerprint density at radius 3 is 2.18 bits per heavy atom.